The normalized spacial score (nSPS) is 11.7. The van der Waals surface area contributed by atoms with Crippen molar-refractivity contribution < 1.29 is 0 Å². The highest BCUT2D eigenvalue weighted by Crippen LogP contribution is 2.13. The van der Waals surface area contributed by atoms with Gasteiger partial charge in [-0.3, -0.25) is 0 Å². The molecule has 1 N–H and O–H groups in total. The van der Waals surface area contributed by atoms with E-state index in [0.717, 1.165) is 6.54 Å². The summed E-state index contributed by atoms with van der Waals surface area (Å²) in [5.74, 6) is 0. The third-order valence-electron chi connectivity index (χ3n) is 2.89. The number of aryl methyl sites for hydroxylation is 1. The van der Waals surface area contributed by atoms with Gasteiger partial charge in [0.05, 0.1) is 0 Å². The lowest BCUT2D eigenvalue weighted by molar-refractivity contribution is 0.356. The lowest BCUT2D eigenvalue weighted by Crippen LogP contribution is -2.38. The van der Waals surface area contributed by atoms with E-state index in [2.05, 4.69) is 57.3 Å². The van der Waals surface area contributed by atoms with Gasteiger partial charge in [-0.25, -0.2) is 0 Å². The van der Waals surface area contributed by atoms with E-state index in [0.29, 0.717) is 0 Å². The average molecular weight is 205 g/mol. The Hall–Kier alpha value is -0.820. The lowest BCUT2D eigenvalue weighted by Gasteiger charge is -2.26. The highest BCUT2D eigenvalue weighted by Gasteiger charge is 2.15. The Bertz CT molecular complexity index is 302. The van der Waals surface area contributed by atoms with Crippen LogP contribution in [-0.4, -0.2) is 5.54 Å². The molecular formula is C14H23N. The Morgan fingerprint density at radius 2 is 1.87 bits per heavy atom. The van der Waals surface area contributed by atoms with Gasteiger partial charge in [0.15, 0.2) is 0 Å². The molecule has 0 aliphatic carbocycles. The molecule has 0 aromatic heterocycles. The van der Waals surface area contributed by atoms with Crippen LogP contribution < -0.4 is 5.32 Å². The van der Waals surface area contributed by atoms with Crippen LogP contribution in [0, 0.1) is 6.92 Å². The van der Waals surface area contributed by atoms with Gasteiger partial charge in [0, 0.05) is 12.1 Å². The first-order valence-electron chi connectivity index (χ1n) is 5.85. The smallest absolute Gasteiger partial charge is 0.0213 e. The molecule has 0 saturated carbocycles. The lowest BCUT2D eigenvalue weighted by atomic mass is 9.98. The van der Waals surface area contributed by atoms with Gasteiger partial charge in [0.25, 0.3) is 0 Å². The highest BCUT2D eigenvalue weighted by molar-refractivity contribution is 5.25. The molecule has 1 rings (SSSR count). The summed E-state index contributed by atoms with van der Waals surface area (Å²) >= 11 is 0. The standard InChI is InChI=1S/C14H23N/c1-5-10-14(3,4)15-11-13-9-7-6-8-12(13)2/h6-9,15H,5,10-11H2,1-4H3. The molecule has 1 aromatic rings. The van der Waals surface area contributed by atoms with E-state index < -0.39 is 0 Å². The fraction of sp³-hybridized carbons (Fsp3) is 0.571. The summed E-state index contributed by atoms with van der Waals surface area (Å²) in [5.41, 5.74) is 3.02. The molecule has 0 spiro atoms. The summed E-state index contributed by atoms with van der Waals surface area (Å²) in [6, 6.07) is 8.57. The molecule has 1 aromatic carbocycles. The monoisotopic (exact) mass is 205 g/mol. The van der Waals surface area contributed by atoms with E-state index in [9.17, 15) is 0 Å². The minimum absolute atomic E-state index is 0.247. The first-order valence-corrected chi connectivity index (χ1v) is 5.85. The first-order chi connectivity index (χ1) is 7.05. The second kappa shape index (κ2) is 5.32. The van der Waals surface area contributed by atoms with Gasteiger partial charge in [0.2, 0.25) is 0 Å². The second-order valence-electron chi connectivity index (χ2n) is 4.91. The predicted molar refractivity (Wildman–Crippen MR) is 67.0 cm³/mol. The molecule has 0 fully saturated rings. The van der Waals surface area contributed by atoms with Gasteiger partial charge in [0.1, 0.15) is 0 Å². The van der Waals surface area contributed by atoms with Gasteiger partial charge in [-0.15, -0.1) is 0 Å². The third kappa shape index (κ3) is 4.05. The summed E-state index contributed by atoms with van der Waals surface area (Å²) in [7, 11) is 0. The third-order valence-corrected chi connectivity index (χ3v) is 2.89. The van der Waals surface area contributed by atoms with Gasteiger partial charge in [-0.1, -0.05) is 37.6 Å². The van der Waals surface area contributed by atoms with Crippen LogP contribution >= 0.6 is 0 Å². The Morgan fingerprint density at radius 1 is 1.20 bits per heavy atom. The van der Waals surface area contributed by atoms with E-state index in [1.165, 1.54) is 24.0 Å². The average Bonchev–Trinajstić information content (AvgIpc) is 2.16. The maximum absolute atomic E-state index is 3.62. The molecule has 0 unspecified atom stereocenters. The molecule has 0 saturated heterocycles. The summed E-state index contributed by atoms with van der Waals surface area (Å²) in [6.45, 7) is 9.92. The van der Waals surface area contributed by atoms with Crippen molar-refractivity contribution in [1.82, 2.24) is 5.32 Å². The van der Waals surface area contributed by atoms with Crippen LogP contribution in [0.15, 0.2) is 24.3 Å². The molecule has 0 amide bonds. The summed E-state index contributed by atoms with van der Waals surface area (Å²) in [4.78, 5) is 0. The Kier molecular flexibility index (Phi) is 4.34. The zero-order valence-electron chi connectivity index (χ0n) is 10.4. The molecule has 0 aliphatic rings. The minimum atomic E-state index is 0.247. The Labute approximate surface area is 93.9 Å². The summed E-state index contributed by atoms with van der Waals surface area (Å²) in [5, 5.41) is 3.62. The van der Waals surface area contributed by atoms with Crippen molar-refractivity contribution in [3.63, 3.8) is 0 Å². The molecular weight excluding hydrogens is 182 g/mol. The van der Waals surface area contributed by atoms with Crippen molar-refractivity contribution in [3.05, 3.63) is 35.4 Å². The topological polar surface area (TPSA) is 12.0 Å². The van der Waals surface area contributed by atoms with E-state index in [4.69, 9.17) is 0 Å². The highest BCUT2D eigenvalue weighted by atomic mass is 14.9. The van der Waals surface area contributed by atoms with E-state index in [-0.39, 0.29) is 5.54 Å². The van der Waals surface area contributed by atoms with E-state index in [1.807, 2.05) is 0 Å². The first kappa shape index (κ1) is 12.3. The molecule has 0 radical (unpaired) electrons. The van der Waals surface area contributed by atoms with Gasteiger partial charge < -0.3 is 5.32 Å². The maximum Gasteiger partial charge on any atom is 0.0213 e. The number of rotatable bonds is 5. The minimum Gasteiger partial charge on any atom is -0.308 e. The SMILES string of the molecule is CCCC(C)(C)NCc1ccccc1C. The number of hydrogen-bond acceptors (Lipinski definition) is 1. The van der Waals surface area contributed by atoms with Crippen LogP contribution in [0.1, 0.15) is 44.7 Å². The molecule has 15 heavy (non-hydrogen) atoms. The fourth-order valence-corrected chi connectivity index (χ4v) is 1.86. The van der Waals surface area contributed by atoms with Crippen molar-refractivity contribution in [1.29, 1.82) is 0 Å². The van der Waals surface area contributed by atoms with Crippen molar-refractivity contribution >= 4 is 0 Å². The quantitative estimate of drug-likeness (QED) is 0.773. The van der Waals surface area contributed by atoms with Gasteiger partial charge >= 0.3 is 0 Å². The Balaban J connectivity index is 2.53. The fourth-order valence-electron chi connectivity index (χ4n) is 1.86. The number of nitrogens with one attached hydrogen (secondary N) is 1. The molecule has 1 heteroatoms. The van der Waals surface area contributed by atoms with Crippen LogP contribution in [0.2, 0.25) is 0 Å². The van der Waals surface area contributed by atoms with Crippen molar-refractivity contribution in [3.8, 4) is 0 Å². The van der Waals surface area contributed by atoms with Crippen molar-refractivity contribution in [2.24, 2.45) is 0 Å². The Morgan fingerprint density at radius 3 is 2.47 bits per heavy atom. The number of benzene rings is 1. The zero-order valence-corrected chi connectivity index (χ0v) is 10.4. The van der Waals surface area contributed by atoms with E-state index in [1.54, 1.807) is 0 Å². The molecule has 0 heterocycles. The van der Waals surface area contributed by atoms with Crippen LogP contribution in [0.5, 0.6) is 0 Å². The molecule has 1 nitrogen and oxygen atoms in total. The maximum atomic E-state index is 3.62. The van der Waals surface area contributed by atoms with Crippen LogP contribution in [0.25, 0.3) is 0 Å². The van der Waals surface area contributed by atoms with E-state index >= 15 is 0 Å². The van der Waals surface area contributed by atoms with Gasteiger partial charge in [-0.2, -0.15) is 0 Å². The van der Waals surface area contributed by atoms with Crippen LogP contribution in [-0.2, 0) is 6.54 Å². The zero-order chi connectivity index (χ0) is 11.3. The predicted octanol–water partition coefficient (Wildman–Crippen LogP) is 3.66. The van der Waals surface area contributed by atoms with Gasteiger partial charge in [-0.05, 0) is 38.3 Å². The van der Waals surface area contributed by atoms with Crippen LogP contribution in [0.3, 0.4) is 0 Å². The molecule has 84 valence electrons. The van der Waals surface area contributed by atoms with Crippen molar-refractivity contribution in [2.45, 2.75) is 52.6 Å². The van der Waals surface area contributed by atoms with Crippen molar-refractivity contribution in [2.75, 3.05) is 0 Å². The molecule has 0 bridgehead atoms. The number of hydrogen-bond donors (Lipinski definition) is 1. The summed E-state index contributed by atoms with van der Waals surface area (Å²) < 4.78 is 0. The summed E-state index contributed by atoms with van der Waals surface area (Å²) in [6.07, 6.45) is 2.45. The largest absolute Gasteiger partial charge is 0.308 e. The molecule has 0 atom stereocenters. The molecule has 0 aliphatic heterocycles. The van der Waals surface area contributed by atoms with Crippen LogP contribution in [0.4, 0.5) is 0 Å². The second-order valence-corrected chi connectivity index (χ2v) is 4.91.